The van der Waals surface area contributed by atoms with Gasteiger partial charge in [-0.15, -0.1) is 0 Å². The maximum Gasteiger partial charge on any atom is 0.321 e. The Balaban J connectivity index is 2.24. The van der Waals surface area contributed by atoms with Crippen LogP contribution in [0.1, 0.15) is 13.3 Å². The number of rotatable bonds is 4. The van der Waals surface area contributed by atoms with Crippen LogP contribution in [0.15, 0.2) is 22.7 Å². The normalized spacial score (nSPS) is 10.5. The molecule has 1 heterocycles. The fraction of sp³-hybridized carbons (Fsp3) is 0.273. The molecule has 0 unspecified atom stereocenters. The Bertz CT molecular complexity index is 515. The minimum absolute atomic E-state index is 0.257. The Morgan fingerprint density at radius 3 is 3.00 bits per heavy atom. The zero-order chi connectivity index (χ0) is 12.3. The van der Waals surface area contributed by atoms with E-state index in [0.717, 1.165) is 13.0 Å². The maximum atomic E-state index is 12.9. The van der Waals surface area contributed by atoms with Crippen molar-refractivity contribution in [3.63, 3.8) is 0 Å². The molecule has 0 amide bonds. The van der Waals surface area contributed by atoms with E-state index in [0.29, 0.717) is 17.4 Å². The highest BCUT2D eigenvalue weighted by Gasteiger charge is 2.11. The van der Waals surface area contributed by atoms with Gasteiger partial charge in [0.15, 0.2) is 0 Å². The second kappa shape index (κ2) is 5.14. The second-order valence-corrected chi connectivity index (χ2v) is 3.88. The highest BCUT2D eigenvalue weighted by atomic mass is 35.5. The van der Waals surface area contributed by atoms with Gasteiger partial charge in [-0.3, -0.25) is 0 Å². The molecule has 1 aromatic carbocycles. The zero-order valence-corrected chi connectivity index (χ0v) is 9.96. The Labute approximate surface area is 103 Å². The molecule has 0 bridgehead atoms. The van der Waals surface area contributed by atoms with Crippen LogP contribution in [0.25, 0.3) is 11.4 Å². The van der Waals surface area contributed by atoms with Crippen LogP contribution in [-0.2, 0) is 0 Å². The fourth-order valence-corrected chi connectivity index (χ4v) is 1.56. The van der Waals surface area contributed by atoms with Crippen LogP contribution in [0, 0.1) is 5.82 Å². The van der Waals surface area contributed by atoms with Crippen molar-refractivity contribution in [2.45, 2.75) is 13.3 Å². The molecule has 0 saturated carbocycles. The first-order chi connectivity index (χ1) is 8.20. The van der Waals surface area contributed by atoms with Crippen LogP contribution >= 0.6 is 11.6 Å². The van der Waals surface area contributed by atoms with Gasteiger partial charge in [0.2, 0.25) is 5.82 Å². The standard InChI is InChI=1S/C11H11ClFN3O/c1-2-5-14-11-15-10(16-17-11)8-4-3-7(13)6-9(8)12/h3-4,6H,2,5H2,1H3,(H,14,15,16). The topological polar surface area (TPSA) is 51.0 Å². The highest BCUT2D eigenvalue weighted by Crippen LogP contribution is 2.26. The van der Waals surface area contributed by atoms with Crippen molar-refractivity contribution in [2.75, 3.05) is 11.9 Å². The van der Waals surface area contributed by atoms with E-state index in [9.17, 15) is 4.39 Å². The number of nitrogens with one attached hydrogen (secondary N) is 1. The lowest BCUT2D eigenvalue weighted by Crippen LogP contribution is -1.99. The Morgan fingerprint density at radius 2 is 2.29 bits per heavy atom. The first-order valence-electron chi connectivity index (χ1n) is 5.23. The van der Waals surface area contributed by atoms with Crippen LogP contribution < -0.4 is 5.32 Å². The summed E-state index contributed by atoms with van der Waals surface area (Å²) in [4.78, 5) is 4.11. The molecule has 90 valence electrons. The van der Waals surface area contributed by atoms with E-state index >= 15 is 0 Å². The quantitative estimate of drug-likeness (QED) is 0.910. The molecule has 0 fully saturated rings. The van der Waals surface area contributed by atoms with Crippen LogP contribution in [-0.4, -0.2) is 16.7 Å². The first-order valence-corrected chi connectivity index (χ1v) is 5.61. The van der Waals surface area contributed by atoms with Crippen LogP contribution in [0.2, 0.25) is 5.02 Å². The predicted octanol–water partition coefficient (Wildman–Crippen LogP) is 3.35. The molecular weight excluding hydrogens is 245 g/mol. The number of nitrogens with zero attached hydrogens (tertiary/aromatic N) is 2. The number of halogens is 2. The summed E-state index contributed by atoms with van der Waals surface area (Å²) in [5.74, 6) is -0.0554. The molecule has 1 aromatic heterocycles. The summed E-state index contributed by atoms with van der Waals surface area (Å²) in [7, 11) is 0. The lowest BCUT2D eigenvalue weighted by molar-refractivity contribution is 0.432. The van der Waals surface area contributed by atoms with Gasteiger partial charge in [-0.1, -0.05) is 23.7 Å². The molecule has 0 aliphatic carbocycles. The largest absolute Gasteiger partial charge is 0.338 e. The minimum atomic E-state index is -0.397. The van der Waals surface area contributed by atoms with Crippen molar-refractivity contribution < 1.29 is 8.91 Å². The molecule has 2 rings (SSSR count). The van der Waals surface area contributed by atoms with Gasteiger partial charge in [0.1, 0.15) is 5.82 Å². The summed E-state index contributed by atoms with van der Waals surface area (Å²) in [6.45, 7) is 2.78. The zero-order valence-electron chi connectivity index (χ0n) is 9.20. The maximum absolute atomic E-state index is 12.9. The summed E-state index contributed by atoms with van der Waals surface area (Å²) >= 11 is 5.90. The van der Waals surface area contributed by atoms with Gasteiger partial charge in [-0.05, 0) is 24.6 Å². The molecule has 0 radical (unpaired) electrons. The molecule has 0 aliphatic rings. The van der Waals surface area contributed by atoms with Crippen LogP contribution in [0.4, 0.5) is 10.4 Å². The van der Waals surface area contributed by atoms with Gasteiger partial charge < -0.3 is 9.84 Å². The number of benzene rings is 1. The van der Waals surface area contributed by atoms with Gasteiger partial charge >= 0.3 is 6.01 Å². The average Bonchev–Trinajstić information content (AvgIpc) is 2.75. The van der Waals surface area contributed by atoms with Crippen LogP contribution in [0.5, 0.6) is 0 Å². The van der Waals surface area contributed by atoms with E-state index in [4.69, 9.17) is 16.1 Å². The second-order valence-electron chi connectivity index (χ2n) is 3.47. The van der Waals surface area contributed by atoms with E-state index in [1.807, 2.05) is 6.92 Å². The number of hydrogen-bond donors (Lipinski definition) is 1. The smallest absolute Gasteiger partial charge is 0.321 e. The van der Waals surface area contributed by atoms with E-state index in [2.05, 4.69) is 15.5 Å². The molecular formula is C11H11ClFN3O. The number of anilines is 1. The van der Waals surface area contributed by atoms with Crippen molar-refractivity contribution in [2.24, 2.45) is 0 Å². The number of hydrogen-bond acceptors (Lipinski definition) is 4. The lowest BCUT2D eigenvalue weighted by Gasteiger charge is -1.98. The molecule has 2 aromatic rings. The summed E-state index contributed by atoms with van der Waals surface area (Å²) in [5, 5.41) is 6.99. The van der Waals surface area contributed by atoms with E-state index in [1.165, 1.54) is 18.2 Å². The molecule has 6 heteroatoms. The van der Waals surface area contributed by atoms with Gasteiger partial charge in [-0.2, -0.15) is 4.98 Å². The molecule has 0 saturated heterocycles. The van der Waals surface area contributed by atoms with E-state index in [1.54, 1.807) is 0 Å². The van der Waals surface area contributed by atoms with E-state index < -0.39 is 5.82 Å². The average molecular weight is 256 g/mol. The third-order valence-electron chi connectivity index (χ3n) is 2.12. The summed E-state index contributed by atoms with van der Waals surface area (Å²) in [6, 6.07) is 4.37. The molecule has 4 nitrogen and oxygen atoms in total. The lowest BCUT2D eigenvalue weighted by atomic mass is 10.2. The Kier molecular flexibility index (Phi) is 3.58. The molecule has 1 N–H and O–H groups in total. The van der Waals surface area contributed by atoms with Crippen molar-refractivity contribution in [3.05, 3.63) is 29.0 Å². The summed E-state index contributed by atoms with van der Waals surface area (Å²) < 4.78 is 17.9. The predicted molar refractivity (Wildman–Crippen MR) is 63.5 cm³/mol. The Morgan fingerprint density at radius 1 is 1.47 bits per heavy atom. The molecule has 0 atom stereocenters. The highest BCUT2D eigenvalue weighted by molar-refractivity contribution is 6.33. The first kappa shape index (κ1) is 11.9. The van der Waals surface area contributed by atoms with Crippen molar-refractivity contribution >= 4 is 17.6 Å². The van der Waals surface area contributed by atoms with Crippen LogP contribution in [0.3, 0.4) is 0 Å². The Hall–Kier alpha value is -1.62. The molecule has 17 heavy (non-hydrogen) atoms. The van der Waals surface area contributed by atoms with Crippen molar-refractivity contribution in [1.29, 1.82) is 0 Å². The van der Waals surface area contributed by atoms with Gasteiger partial charge in [0, 0.05) is 12.1 Å². The van der Waals surface area contributed by atoms with Gasteiger partial charge in [0.05, 0.1) is 5.02 Å². The van der Waals surface area contributed by atoms with Gasteiger partial charge in [-0.25, -0.2) is 4.39 Å². The van der Waals surface area contributed by atoms with E-state index in [-0.39, 0.29) is 5.02 Å². The fourth-order valence-electron chi connectivity index (χ4n) is 1.31. The number of aromatic nitrogens is 2. The monoisotopic (exact) mass is 255 g/mol. The van der Waals surface area contributed by atoms with Gasteiger partial charge in [0.25, 0.3) is 0 Å². The summed E-state index contributed by atoms with van der Waals surface area (Å²) in [6.07, 6.45) is 0.953. The van der Waals surface area contributed by atoms with Crippen molar-refractivity contribution in [1.82, 2.24) is 10.1 Å². The van der Waals surface area contributed by atoms with Crippen molar-refractivity contribution in [3.8, 4) is 11.4 Å². The third-order valence-corrected chi connectivity index (χ3v) is 2.44. The third kappa shape index (κ3) is 2.74. The minimum Gasteiger partial charge on any atom is -0.338 e. The SMILES string of the molecule is CCCNc1nc(-c2ccc(F)cc2Cl)no1. The summed E-state index contributed by atoms with van der Waals surface area (Å²) in [5.41, 5.74) is 0.543. The molecule has 0 aliphatic heterocycles. The molecule has 0 spiro atoms.